The van der Waals surface area contributed by atoms with Gasteiger partial charge in [-0.2, -0.15) is 4.98 Å². The van der Waals surface area contributed by atoms with E-state index in [2.05, 4.69) is 15.1 Å². The third-order valence-corrected chi connectivity index (χ3v) is 5.25. The Hall–Kier alpha value is -3.72. The summed E-state index contributed by atoms with van der Waals surface area (Å²) in [6.07, 6.45) is 1.54. The SMILES string of the molecule is COc1ccc(-c2noc(-c3ncn4c3CO[C@H](c3ccc(F)cc3)C4)n2)c(OC)c1. The van der Waals surface area contributed by atoms with Crippen LogP contribution in [0.3, 0.4) is 0 Å². The van der Waals surface area contributed by atoms with Gasteiger partial charge < -0.3 is 23.3 Å². The molecule has 0 spiro atoms. The lowest BCUT2D eigenvalue weighted by Crippen LogP contribution is -2.20. The molecule has 1 aliphatic rings. The zero-order chi connectivity index (χ0) is 21.4. The zero-order valence-electron chi connectivity index (χ0n) is 16.9. The van der Waals surface area contributed by atoms with Gasteiger partial charge in [-0.15, -0.1) is 0 Å². The Morgan fingerprint density at radius 3 is 2.71 bits per heavy atom. The predicted octanol–water partition coefficient (Wildman–Crippen LogP) is 4.03. The normalized spacial score (nSPS) is 15.5. The van der Waals surface area contributed by atoms with Crippen LogP contribution in [0.4, 0.5) is 4.39 Å². The van der Waals surface area contributed by atoms with E-state index in [-0.39, 0.29) is 11.9 Å². The van der Waals surface area contributed by atoms with Gasteiger partial charge in [-0.05, 0) is 29.8 Å². The number of halogens is 1. The van der Waals surface area contributed by atoms with Gasteiger partial charge in [0.15, 0.2) is 5.69 Å². The number of benzene rings is 2. The van der Waals surface area contributed by atoms with Crippen LogP contribution in [0.1, 0.15) is 17.4 Å². The Bertz CT molecular complexity index is 1220. The standard InChI is InChI=1S/C22H19FN4O4/c1-28-15-7-8-16(18(9-15)29-2)21-25-22(31-26-21)20-17-11-30-19(10-27(17)12-24-20)13-3-5-14(23)6-4-13/h3-9,12,19H,10-11H2,1-2H3/t19-/m0/s1. The Balaban J connectivity index is 1.42. The average molecular weight is 422 g/mol. The molecule has 0 N–H and O–H groups in total. The highest BCUT2D eigenvalue weighted by molar-refractivity contribution is 5.67. The molecule has 4 aromatic rings. The number of ether oxygens (including phenoxy) is 3. The van der Waals surface area contributed by atoms with Crippen LogP contribution in [0.5, 0.6) is 11.5 Å². The fraction of sp³-hybridized carbons (Fsp3) is 0.227. The smallest absolute Gasteiger partial charge is 0.278 e. The summed E-state index contributed by atoms with van der Waals surface area (Å²) in [5.41, 5.74) is 3.01. The molecule has 1 aliphatic heterocycles. The van der Waals surface area contributed by atoms with E-state index in [9.17, 15) is 4.39 Å². The number of imidazole rings is 1. The number of fused-ring (bicyclic) bond motifs is 1. The molecular weight excluding hydrogens is 403 g/mol. The Labute approximate surface area is 177 Å². The first kappa shape index (κ1) is 19.3. The monoisotopic (exact) mass is 422 g/mol. The minimum Gasteiger partial charge on any atom is -0.497 e. The highest BCUT2D eigenvalue weighted by Crippen LogP contribution is 2.35. The molecule has 9 heteroatoms. The third kappa shape index (κ3) is 3.53. The second-order valence-electron chi connectivity index (χ2n) is 7.03. The van der Waals surface area contributed by atoms with Gasteiger partial charge in [0, 0.05) is 6.07 Å². The average Bonchev–Trinajstić information content (AvgIpc) is 3.45. The summed E-state index contributed by atoms with van der Waals surface area (Å²) in [4.78, 5) is 8.97. The van der Waals surface area contributed by atoms with Crippen molar-refractivity contribution in [3.63, 3.8) is 0 Å². The summed E-state index contributed by atoms with van der Waals surface area (Å²) in [5, 5.41) is 4.09. The summed E-state index contributed by atoms with van der Waals surface area (Å²) >= 11 is 0. The van der Waals surface area contributed by atoms with Crippen LogP contribution in [0.25, 0.3) is 23.0 Å². The Morgan fingerprint density at radius 2 is 1.94 bits per heavy atom. The first-order chi connectivity index (χ1) is 15.2. The lowest BCUT2D eigenvalue weighted by Gasteiger charge is -2.25. The summed E-state index contributed by atoms with van der Waals surface area (Å²) in [7, 11) is 3.16. The number of hydrogen-bond donors (Lipinski definition) is 0. The van der Waals surface area contributed by atoms with Crippen molar-refractivity contribution in [1.29, 1.82) is 0 Å². The van der Waals surface area contributed by atoms with Gasteiger partial charge >= 0.3 is 0 Å². The van der Waals surface area contributed by atoms with E-state index in [0.29, 0.717) is 47.6 Å². The van der Waals surface area contributed by atoms with Crippen LogP contribution in [0.2, 0.25) is 0 Å². The van der Waals surface area contributed by atoms with Crippen molar-refractivity contribution in [2.75, 3.05) is 14.2 Å². The number of rotatable bonds is 5. The molecule has 2 aromatic heterocycles. The van der Waals surface area contributed by atoms with Crippen LogP contribution in [-0.4, -0.2) is 33.9 Å². The maximum atomic E-state index is 13.2. The number of methoxy groups -OCH3 is 2. The van der Waals surface area contributed by atoms with E-state index in [4.69, 9.17) is 18.7 Å². The van der Waals surface area contributed by atoms with Gasteiger partial charge in [-0.3, -0.25) is 0 Å². The summed E-state index contributed by atoms with van der Waals surface area (Å²) < 4.78 is 37.3. The molecule has 3 heterocycles. The molecule has 0 fully saturated rings. The fourth-order valence-corrected chi connectivity index (χ4v) is 3.60. The molecule has 0 unspecified atom stereocenters. The molecule has 0 radical (unpaired) electrons. The van der Waals surface area contributed by atoms with Gasteiger partial charge in [0.1, 0.15) is 23.4 Å². The molecule has 0 amide bonds. The first-order valence-electron chi connectivity index (χ1n) is 9.64. The number of nitrogens with zero attached hydrogens (tertiary/aromatic N) is 4. The van der Waals surface area contributed by atoms with Gasteiger partial charge in [0.2, 0.25) is 5.82 Å². The molecule has 5 rings (SSSR count). The second-order valence-corrected chi connectivity index (χ2v) is 7.03. The topological polar surface area (TPSA) is 84.4 Å². The quantitative estimate of drug-likeness (QED) is 0.480. The molecule has 158 valence electrons. The van der Waals surface area contributed by atoms with Crippen LogP contribution >= 0.6 is 0 Å². The molecule has 0 saturated carbocycles. The minimum absolute atomic E-state index is 0.183. The van der Waals surface area contributed by atoms with E-state index in [0.717, 1.165) is 11.3 Å². The molecule has 8 nitrogen and oxygen atoms in total. The highest BCUT2D eigenvalue weighted by Gasteiger charge is 2.27. The van der Waals surface area contributed by atoms with E-state index in [1.807, 2.05) is 10.6 Å². The number of hydrogen-bond acceptors (Lipinski definition) is 7. The van der Waals surface area contributed by atoms with Crippen molar-refractivity contribution in [2.24, 2.45) is 0 Å². The molecule has 2 aromatic carbocycles. The molecule has 0 bridgehead atoms. The first-order valence-corrected chi connectivity index (χ1v) is 9.64. The van der Waals surface area contributed by atoms with Crippen molar-refractivity contribution >= 4 is 0 Å². The Morgan fingerprint density at radius 1 is 1.10 bits per heavy atom. The summed E-state index contributed by atoms with van der Waals surface area (Å²) in [5.74, 6) is 1.65. The van der Waals surface area contributed by atoms with E-state index in [1.54, 1.807) is 44.8 Å². The van der Waals surface area contributed by atoms with Gasteiger partial charge in [-0.1, -0.05) is 17.3 Å². The predicted molar refractivity (Wildman–Crippen MR) is 108 cm³/mol. The number of aromatic nitrogens is 4. The molecule has 0 aliphatic carbocycles. The summed E-state index contributed by atoms with van der Waals surface area (Å²) in [6.45, 7) is 0.877. The lowest BCUT2D eigenvalue weighted by molar-refractivity contribution is 0.00326. The summed E-state index contributed by atoms with van der Waals surface area (Å²) in [6, 6.07) is 11.7. The molecule has 31 heavy (non-hydrogen) atoms. The highest BCUT2D eigenvalue weighted by atomic mass is 19.1. The fourth-order valence-electron chi connectivity index (χ4n) is 3.60. The van der Waals surface area contributed by atoms with Crippen molar-refractivity contribution in [2.45, 2.75) is 19.3 Å². The Kier molecular flexibility index (Phi) is 4.87. The maximum absolute atomic E-state index is 13.2. The van der Waals surface area contributed by atoms with Crippen molar-refractivity contribution in [1.82, 2.24) is 19.7 Å². The van der Waals surface area contributed by atoms with Crippen molar-refractivity contribution in [3.8, 4) is 34.5 Å². The van der Waals surface area contributed by atoms with E-state index < -0.39 is 0 Å². The van der Waals surface area contributed by atoms with Crippen LogP contribution < -0.4 is 9.47 Å². The van der Waals surface area contributed by atoms with Gasteiger partial charge in [-0.25, -0.2) is 9.37 Å². The third-order valence-electron chi connectivity index (χ3n) is 5.25. The largest absolute Gasteiger partial charge is 0.497 e. The van der Waals surface area contributed by atoms with Crippen molar-refractivity contribution < 1.29 is 23.1 Å². The lowest BCUT2D eigenvalue weighted by atomic mass is 10.1. The molecule has 0 saturated heterocycles. The zero-order valence-corrected chi connectivity index (χ0v) is 16.9. The van der Waals surface area contributed by atoms with Crippen LogP contribution in [0, 0.1) is 5.82 Å². The molecule has 1 atom stereocenters. The second kappa shape index (κ2) is 7.84. The van der Waals surface area contributed by atoms with Crippen LogP contribution in [0.15, 0.2) is 53.3 Å². The van der Waals surface area contributed by atoms with Crippen molar-refractivity contribution in [3.05, 3.63) is 65.9 Å². The maximum Gasteiger partial charge on any atom is 0.278 e. The van der Waals surface area contributed by atoms with Gasteiger partial charge in [0.05, 0.1) is 45.0 Å². The van der Waals surface area contributed by atoms with Crippen LogP contribution in [-0.2, 0) is 17.9 Å². The molecular formula is C22H19FN4O4. The van der Waals surface area contributed by atoms with Gasteiger partial charge in [0.25, 0.3) is 5.89 Å². The minimum atomic E-state index is -0.272. The van der Waals surface area contributed by atoms with E-state index in [1.165, 1.54) is 12.1 Å². The van der Waals surface area contributed by atoms with E-state index >= 15 is 0 Å².